The van der Waals surface area contributed by atoms with E-state index in [1.54, 1.807) is 0 Å². The molecule has 1 aromatic heterocycles. The first-order valence-corrected chi connectivity index (χ1v) is 5.56. The van der Waals surface area contributed by atoms with Crippen LogP contribution < -0.4 is 5.32 Å². The summed E-state index contributed by atoms with van der Waals surface area (Å²) in [5, 5.41) is 7.75. The molecule has 0 spiro atoms. The van der Waals surface area contributed by atoms with Gasteiger partial charge in [0.15, 0.2) is 0 Å². The highest BCUT2D eigenvalue weighted by Crippen LogP contribution is 2.19. The van der Waals surface area contributed by atoms with Crippen molar-refractivity contribution in [3.05, 3.63) is 18.0 Å². The molecule has 0 saturated carbocycles. The van der Waals surface area contributed by atoms with Crippen molar-refractivity contribution < 1.29 is 4.74 Å². The number of aryl methyl sites for hydroxylation is 1. The second-order valence-electron chi connectivity index (χ2n) is 4.24. The molecular formula is C11H19N3O. The van der Waals surface area contributed by atoms with Crippen LogP contribution in [-0.2, 0) is 18.3 Å². The number of hydrogen-bond donors (Lipinski definition) is 1. The molecule has 2 heterocycles. The van der Waals surface area contributed by atoms with Crippen molar-refractivity contribution in [2.75, 3.05) is 13.2 Å². The maximum Gasteiger partial charge on any atom is 0.0762 e. The van der Waals surface area contributed by atoms with Crippen LogP contribution >= 0.6 is 0 Å². The molecule has 1 saturated heterocycles. The quantitative estimate of drug-likeness (QED) is 0.802. The topological polar surface area (TPSA) is 39.1 Å². The summed E-state index contributed by atoms with van der Waals surface area (Å²) in [7, 11) is 1.94. The summed E-state index contributed by atoms with van der Waals surface area (Å²) in [6, 6.07) is 2.04. The zero-order chi connectivity index (χ0) is 10.7. The molecule has 2 unspecified atom stereocenters. The molecule has 0 aromatic carbocycles. The van der Waals surface area contributed by atoms with Crippen LogP contribution in [0, 0.1) is 5.92 Å². The molecule has 84 valence electrons. The van der Waals surface area contributed by atoms with Gasteiger partial charge in [-0.05, 0) is 25.3 Å². The second kappa shape index (κ2) is 4.77. The number of rotatable bonds is 4. The third kappa shape index (κ3) is 2.79. The summed E-state index contributed by atoms with van der Waals surface area (Å²) >= 11 is 0. The van der Waals surface area contributed by atoms with Gasteiger partial charge in [-0.3, -0.25) is 4.68 Å². The van der Waals surface area contributed by atoms with Crippen LogP contribution in [0.15, 0.2) is 12.3 Å². The lowest BCUT2D eigenvalue weighted by atomic mass is 10.0. The van der Waals surface area contributed by atoms with E-state index in [9.17, 15) is 0 Å². The summed E-state index contributed by atoms with van der Waals surface area (Å²) < 4.78 is 7.34. The molecule has 1 fully saturated rings. The summed E-state index contributed by atoms with van der Waals surface area (Å²) in [6.07, 6.45) is 3.55. The van der Waals surface area contributed by atoms with Gasteiger partial charge in [-0.15, -0.1) is 0 Å². The fraction of sp³-hybridized carbons (Fsp3) is 0.727. The monoisotopic (exact) mass is 209 g/mol. The lowest BCUT2D eigenvalue weighted by Gasteiger charge is -2.13. The molecule has 2 atom stereocenters. The maximum atomic E-state index is 5.51. The minimum Gasteiger partial charge on any atom is -0.378 e. The Kier molecular flexibility index (Phi) is 3.38. The van der Waals surface area contributed by atoms with Crippen molar-refractivity contribution >= 4 is 0 Å². The van der Waals surface area contributed by atoms with Gasteiger partial charge in [0.1, 0.15) is 0 Å². The molecule has 1 aromatic rings. The van der Waals surface area contributed by atoms with Gasteiger partial charge in [-0.25, -0.2) is 0 Å². The SMILES string of the molecule is CC1OCCC1CNCc1ccn(C)n1. The standard InChI is InChI=1S/C11H19N3O/c1-9-10(4-6-15-9)7-12-8-11-3-5-14(2)13-11/h3,5,9-10,12H,4,6-8H2,1-2H3. The van der Waals surface area contributed by atoms with Gasteiger partial charge < -0.3 is 10.1 Å². The van der Waals surface area contributed by atoms with Crippen LogP contribution in [0.1, 0.15) is 19.0 Å². The molecule has 15 heavy (non-hydrogen) atoms. The molecule has 1 aliphatic rings. The summed E-state index contributed by atoms with van der Waals surface area (Å²) in [6.45, 7) is 4.94. The average molecular weight is 209 g/mol. The van der Waals surface area contributed by atoms with Crippen molar-refractivity contribution in [3.8, 4) is 0 Å². The first-order valence-electron chi connectivity index (χ1n) is 5.56. The number of nitrogens with one attached hydrogen (secondary N) is 1. The van der Waals surface area contributed by atoms with E-state index in [1.165, 1.54) is 6.42 Å². The Hall–Kier alpha value is -0.870. The van der Waals surface area contributed by atoms with Gasteiger partial charge in [0.05, 0.1) is 11.8 Å². The van der Waals surface area contributed by atoms with Gasteiger partial charge in [-0.2, -0.15) is 5.10 Å². The van der Waals surface area contributed by atoms with Crippen LogP contribution in [0.3, 0.4) is 0 Å². The van der Waals surface area contributed by atoms with E-state index in [0.717, 1.165) is 25.4 Å². The van der Waals surface area contributed by atoms with Crippen molar-refractivity contribution in [1.29, 1.82) is 0 Å². The van der Waals surface area contributed by atoms with Crippen molar-refractivity contribution in [2.45, 2.75) is 26.0 Å². The minimum atomic E-state index is 0.404. The lowest BCUT2D eigenvalue weighted by Crippen LogP contribution is -2.26. The van der Waals surface area contributed by atoms with Gasteiger partial charge in [-0.1, -0.05) is 0 Å². The van der Waals surface area contributed by atoms with E-state index < -0.39 is 0 Å². The minimum absolute atomic E-state index is 0.404. The van der Waals surface area contributed by atoms with Crippen LogP contribution in [-0.4, -0.2) is 29.0 Å². The second-order valence-corrected chi connectivity index (χ2v) is 4.24. The third-order valence-corrected chi connectivity index (χ3v) is 3.01. The number of ether oxygens (including phenoxy) is 1. The van der Waals surface area contributed by atoms with Crippen molar-refractivity contribution in [1.82, 2.24) is 15.1 Å². The van der Waals surface area contributed by atoms with E-state index in [0.29, 0.717) is 12.0 Å². The van der Waals surface area contributed by atoms with Gasteiger partial charge in [0, 0.05) is 32.9 Å². The Morgan fingerprint density at radius 2 is 2.53 bits per heavy atom. The highest BCUT2D eigenvalue weighted by Gasteiger charge is 2.23. The Balaban J connectivity index is 1.70. The fourth-order valence-electron chi connectivity index (χ4n) is 1.99. The first-order chi connectivity index (χ1) is 7.25. The molecule has 0 radical (unpaired) electrons. The molecule has 0 aliphatic carbocycles. The third-order valence-electron chi connectivity index (χ3n) is 3.01. The van der Waals surface area contributed by atoms with Gasteiger partial charge >= 0.3 is 0 Å². The highest BCUT2D eigenvalue weighted by atomic mass is 16.5. The predicted octanol–water partition coefficient (Wildman–Crippen LogP) is 0.935. The van der Waals surface area contributed by atoms with E-state index in [2.05, 4.69) is 17.3 Å². The van der Waals surface area contributed by atoms with Crippen LogP contribution in [0.2, 0.25) is 0 Å². The fourth-order valence-corrected chi connectivity index (χ4v) is 1.99. The molecule has 4 heteroatoms. The molecule has 0 amide bonds. The largest absolute Gasteiger partial charge is 0.378 e. The zero-order valence-electron chi connectivity index (χ0n) is 9.44. The van der Waals surface area contributed by atoms with Gasteiger partial charge in [0.2, 0.25) is 0 Å². The van der Waals surface area contributed by atoms with Crippen molar-refractivity contribution in [2.24, 2.45) is 13.0 Å². The molecular weight excluding hydrogens is 190 g/mol. The van der Waals surface area contributed by atoms with Crippen LogP contribution in [0.25, 0.3) is 0 Å². The van der Waals surface area contributed by atoms with E-state index in [4.69, 9.17) is 4.74 Å². The average Bonchev–Trinajstić information content (AvgIpc) is 2.77. The van der Waals surface area contributed by atoms with Crippen LogP contribution in [0.4, 0.5) is 0 Å². The normalized spacial score (nSPS) is 26.0. The van der Waals surface area contributed by atoms with E-state index >= 15 is 0 Å². The highest BCUT2D eigenvalue weighted by molar-refractivity contribution is 4.97. The lowest BCUT2D eigenvalue weighted by molar-refractivity contribution is 0.105. The Morgan fingerprint density at radius 1 is 1.67 bits per heavy atom. The molecule has 2 rings (SSSR count). The Morgan fingerprint density at radius 3 is 3.13 bits per heavy atom. The molecule has 0 bridgehead atoms. The number of aromatic nitrogens is 2. The molecule has 1 aliphatic heterocycles. The zero-order valence-corrected chi connectivity index (χ0v) is 9.44. The summed E-state index contributed by atoms with van der Waals surface area (Å²) in [5.74, 6) is 0.661. The first kappa shape index (κ1) is 10.6. The molecule has 4 nitrogen and oxygen atoms in total. The van der Waals surface area contributed by atoms with E-state index in [1.807, 2.05) is 24.0 Å². The smallest absolute Gasteiger partial charge is 0.0762 e. The van der Waals surface area contributed by atoms with Gasteiger partial charge in [0.25, 0.3) is 0 Å². The van der Waals surface area contributed by atoms with Crippen molar-refractivity contribution in [3.63, 3.8) is 0 Å². The maximum absolute atomic E-state index is 5.51. The Labute approximate surface area is 90.6 Å². The summed E-state index contributed by atoms with van der Waals surface area (Å²) in [5.41, 5.74) is 1.10. The molecule has 1 N–H and O–H groups in total. The van der Waals surface area contributed by atoms with E-state index in [-0.39, 0.29) is 0 Å². The number of nitrogens with zero attached hydrogens (tertiary/aromatic N) is 2. The number of hydrogen-bond acceptors (Lipinski definition) is 3. The summed E-state index contributed by atoms with van der Waals surface area (Å²) in [4.78, 5) is 0. The Bertz CT molecular complexity index is 311. The van der Waals surface area contributed by atoms with Crippen LogP contribution in [0.5, 0.6) is 0 Å². The predicted molar refractivity (Wildman–Crippen MR) is 58.4 cm³/mol.